The van der Waals surface area contributed by atoms with Gasteiger partial charge < -0.3 is 14.0 Å². The third-order valence-electron chi connectivity index (χ3n) is 3.77. The first kappa shape index (κ1) is 17.9. The lowest BCUT2D eigenvalue weighted by Gasteiger charge is -2.02. The topological polar surface area (TPSA) is 61.6 Å². The average Bonchev–Trinajstić information content (AvgIpc) is 3.09. The molecule has 5 nitrogen and oxygen atoms in total. The van der Waals surface area contributed by atoms with Crippen molar-refractivity contribution in [1.29, 1.82) is 0 Å². The molecular formula is C20H16BrNO4. The Morgan fingerprint density at radius 2 is 1.73 bits per heavy atom. The lowest BCUT2D eigenvalue weighted by atomic mass is 10.1. The molecule has 2 aromatic carbocycles. The minimum Gasteiger partial charge on any atom is -0.497 e. The minimum atomic E-state index is -0.124. The molecule has 6 heteroatoms. The van der Waals surface area contributed by atoms with E-state index in [0.29, 0.717) is 16.8 Å². The molecule has 0 fully saturated rings. The molecule has 0 spiro atoms. The zero-order chi connectivity index (χ0) is 18.5. The normalized spacial score (nSPS) is 10.9. The number of carbonyl (C=O) groups is 1. The van der Waals surface area contributed by atoms with Crippen LogP contribution in [0.4, 0.5) is 0 Å². The Morgan fingerprint density at radius 1 is 1.04 bits per heavy atom. The molecule has 0 N–H and O–H groups in total. The van der Waals surface area contributed by atoms with Crippen molar-refractivity contribution >= 4 is 27.8 Å². The van der Waals surface area contributed by atoms with Gasteiger partial charge in [0.25, 0.3) is 0 Å². The Kier molecular flexibility index (Phi) is 5.53. The molecule has 3 aromatic rings. The van der Waals surface area contributed by atoms with E-state index in [4.69, 9.17) is 14.0 Å². The van der Waals surface area contributed by atoms with E-state index in [1.165, 1.54) is 13.2 Å². The Morgan fingerprint density at radius 3 is 2.35 bits per heavy atom. The van der Waals surface area contributed by atoms with E-state index >= 15 is 0 Å². The van der Waals surface area contributed by atoms with Gasteiger partial charge in [0.05, 0.1) is 19.8 Å². The van der Waals surface area contributed by atoms with E-state index in [0.717, 1.165) is 15.8 Å². The predicted octanol–water partition coefficient (Wildman–Crippen LogP) is 5.02. The summed E-state index contributed by atoms with van der Waals surface area (Å²) in [6, 6.07) is 14.5. The molecule has 132 valence electrons. The van der Waals surface area contributed by atoms with Crippen LogP contribution in [0.5, 0.6) is 11.7 Å². The summed E-state index contributed by atoms with van der Waals surface area (Å²) in [4.78, 5) is 12.4. The van der Waals surface area contributed by atoms with Crippen LogP contribution in [0.3, 0.4) is 0 Å². The van der Waals surface area contributed by atoms with Gasteiger partial charge in [-0.2, -0.15) is 0 Å². The zero-order valence-electron chi connectivity index (χ0n) is 14.2. The van der Waals surface area contributed by atoms with Gasteiger partial charge in [-0.05, 0) is 60.7 Å². The standard InChI is InChI=1S/C20H16BrNO4/c1-24-16-9-5-14(6-10-16)19-17(20(25-2)26-22-19)11-12-18(23)13-3-7-15(21)8-4-13/h3-12H,1-2H3/b12-11-. The third-order valence-corrected chi connectivity index (χ3v) is 4.30. The Bertz CT molecular complexity index is 927. The predicted molar refractivity (Wildman–Crippen MR) is 103 cm³/mol. The fourth-order valence-electron chi connectivity index (χ4n) is 2.40. The second-order valence-corrected chi connectivity index (χ2v) is 6.29. The van der Waals surface area contributed by atoms with Crippen molar-refractivity contribution in [2.24, 2.45) is 0 Å². The number of carbonyl (C=O) groups excluding carboxylic acids is 1. The number of halogens is 1. The van der Waals surface area contributed by atoms with Crippen molar-refractivity contribution in [2.75, 3.05) is 14.2 Å². The molecule has 0 atom stereocenters. The molecule has 0 saturated carbocycles. The van der Waals surface area contributed by atoms with Crippen LogP contribution in [0.1, 0.15) is 15.9 Å². The van der Waals surface area contributed by atoms with E-state index in [1.54, 1.807) is 25.3 Å². The monoisotopic (exact) mass is 413 g/mol. The van der Waals surface area contributed by atoms with Gasteiger partial charge in [-0.3, -0.25) is 4.79 Å². The average molecular weight is 414 g/mol. The number of allylic oxidation sites excluding steroid dienone is 1. The van der Waals surface area contributed by atoms with Gasteiger partial charge in [-0.1, -0.05) is 21.1 Å². The summed E-state index contributed by atoms with van der Waals surface area (Å²) in [5, 5.41) is 4.07. The lowest BCUT2D eigenvalue weighted by Crippen LogP contribution is -1.93. The first-order chi connectivity index (χ1) is 12.6. The number of hydrogen-bond acceptors (Lipinski definition) is 5. The summed E-state index contributed by atoms with van der Waals surface area (Å²) >= 11 is 3.35. The smallest absolute Gasteiger partial charge is 0.318 e. The van der Waals surface area contributed by atoms with Crippen LogP contribution in [0.25, 0.3) is 17.3 Å². The van der Waals surface area contributed by atoms with Crippen LogP contribution in [0.15, 0.2) is 63.6 Å². The Labute approximate surface area is 159 Å². The highest BCUT2D eigenvalue weighted by Gasteiger charge is 2.16. The van der Waals surface area contributed by atoms with Crippen molar-refractivity contribution < 1.29 is 18.8 Å². The fourth-order valence-corrected chi connectivity index (χ4v) is 2.67. The highest BCUT2D eigenvalue weighted by Crippen LogP contribution is 2.32. The van der Waals surface area contributed by atoms with Crippen LogP contribution in [0.2, 0.25) is 0 Å². The molecule has 0 unspecified atom stereocenters. The van der Waals surface area contributed by atoms with Gasteiger partial charge in [0.2, 0.25) is 0 Å². The number of hydrogen-bond donors (Lipinski definition) is 0. The molecule has 0 saturated heterocycles. The number of methoxy groups -OCH3 is 2. The third kappa shape index (κ3) is 3.86. The van der Waals surface area contributed by atoms with Gasteiger partial charge in [-0.15, -0.1) is 0 Å². The van der Waals surface area contributed by atoms with Gasteiger partial charge in [-0.25, -0.2) is 0 Å². The van der Waals surface area contributed by atoms with Gasteiger partial charge >= 0.3 is 5.95 Å². The quantitative estimate of drug-likeness (QED) is 0.419. The molecule has 1 aromatic heterocycles. The molecule has 0 aliphatic heterocycles. The van der Waals surface area contributed by atoms with Gasteiger partial charge in [0.1, 0.15) is 11.4 Å². The molecule has 3 rings (SSSR count). The Balaban J connectivity index is 1.92. The maximum absolute atomic E-state index is 12.4. The van der Waals surface area contributed by atoms with Crippen molar-refractivity contribution in [2.45, 2.75) is 0 Å². The van der Waals surface area contributed by atoms with Crippen LogP contribution in [-0.2, 0) is 0 Å². The second-order valence-electron chi connectivity index (χ2n) is 5.37. The molecular weight excluding hydrogens is 398 g/mol. The largest absolute Gasteiger partial charge is 0.497 e. The molecule has 26 heavy (non-hydrogen) atoms. The molecule has 0 aliphatic rings. The molecule has 1 heterocycles. The lowest BCUT2D eigenvalue weighted by molar-refractivity contribution is 0.104. The molecule has 0 radical (unpaired) electrons. The van der Waals surface area contributed by atoms with Crippen molar-refractivity contribution in [1.82, 2.24) is 5.16 Å². The second kappa shape index (κ2) is 8.01. The van der Waals surface area contributed by atoms with Gasteiger partial charge in [0, 0.05) is 15.6 Å². The minimum absolute atomic E-state index is 0.124. The van der Waals surface area contributed by atoms with Crippen LogP contribution < -0.4 is 9.47 Å². The first-order valence-corrected chi connectivity index (χ1v) is 8.57. The maximum Gasteiger partial charge on any atom is 0.318 e. The highest BCUT2D eigenvalue weighted by atomic mass is 79.9. The first-order valence-electron chi connectivity index (χ1n) is 7.78. The van der Waals surface area contributed by atoms with E-state index in [2.05, 4.69) is 21.1 Å². The summed E-state index contributed by atoms with van der Waals surface area (Å²) in [5.74, 6) is 0.865. The van der Waals surface area contributed by atoms with Gasteiger partial charge in [0.15, 0.2) is 5.78 Å². The highest BCUT2D eigenvalue weighted by molar-refractivity contribution is 9.10. The number of aromatic nitrogens is 1. The SMILES string of the molecule is COc1ccc(-c2noc(OC)c2/C=C\C(=O)c2ccc(Br)cc2)cc1. The summed E-state index contributed by atoms with van der Waals surface area (Å²) in [6.45, 7) is 0. The number of ketones is 1. The van der Waals surface area contributed by atoms with Crippen LogP contribution >= 0.6 is 15.9 Å². The van der Waals surface area contributed by atoms with Crippen molar-refractivity contribution in [3.05, 3.63) is 70.2 Å². The van der Waals surface area contributed by atoms with E-state index in [1.807, 2.05) is 36.4 Å². The summed E-state index contributed by atoms with van der Waals surface area (Å²) in [5.41, 5.74) is 2.60. The number of nitrogens with zero attached hydrogens (tertiary/aromatic N) is 1. The van der Waals surface area contributed by atoms with Crippen molar-refractivity contribution in [3.63, 3.8) is 0 Å². The number of ether oxygens (including phenoxy) is 2. The maximum atomic E-state index is 12.4. The summed E-state index contributed by atoms with van der Waals surface area (Å²) in [6.07, 6.45) is 3.13. The zero-order valence-corrected chi connectivity index (χ0v) is 15.8. The Hall–Kier alpha value is -2.86. The van der Waals surface area contributed by atoms with Crippen LogP contribution in [-0.4, -0.2) is 25.2 Å². The summed E-state index contributed by atoms with van der Waals surface area (Å²) < 4.78 is 16.5. The molecule has 0 bridgehead atoms. The van der Waals surface area contributed by atoms with Crippen LogP contribution in [0, 0.1) is 0 Å². The van der Waals surface area contributed by atoms with E-state index in [-0.39, 0.29) is 11.7 Å². The fraction of sp³-hybridized carbons (Fsp3) is 0.100. The molecule has 0 aliphatic carbocycles. The van der Waals surface area contributed by atoms with E-state index in [9.17, 15) is 4.79 Å². The van der Waals surface area contributed by atoms with E-state index < -0.39 is 0 Å². The number of benzene rings is 2. The number of rotatable bonds is 6. The summed E-state index contributed by atoms with van der Waals surface area (Å²) in [7, 11) is 3.10. The van der Waals surface area contributed by atoms with Crippen molar-refractivity contribution in [3.8, 4) is 23.0 Å². The molecule has 0 amide bonds.